The van der Waals surface area contributed by atoms with Crippen LogP contribution in [-0.2, 0) is 24.1 Å². The lowest BCUT2D eigenvalue weighted by Crippen LogP contribution is -2.18. The zero-order valence-electron chi connectivity index (χ0n) is 8.87. The molecule has 1 atom stereocenters. The van der Waals surface area contributed by atoms with Crippen LogP contribution in [0.1, 0.15) is 23.1 Å². The maximum absolute atomic E-state index is 13.6. The van der Waals surface area contributed by atoms with E-state index in [1.807, 2.05) is 0 Å². The molecule has 0 bridgehead atoms. The van der Waals surface area contributed by atoms with E-state index in [1.165, 1.54) is 6.07 Å². The van der Waals surface area contributed by atoms with Crippen LogP contribution in [0.5, 0.6) is 0 Å². The summed E-state index contributed by atoms with van der Waals surface area (Å²) in [6, 6.07) is 3.34. The Balaban J connectivity index is 2.21. The normalized spacial score (nSPS) is 18.5. The van der Waals surface area contributed by atoms with Crippen molar-refractivity contribution in [2.24, 2.45) is 5.73 Å². The summed E-state index contributed by atoms with van der Waals surface area (Å²) in [6.45, 7) is 0. The van der Waals surface area contributed by atoms with Gasteiger partial charge in [0.2, 0.25) is 0 Å². The number of carbonyl (C=O) groups is 1. The standard InChI is InChI=1S/C12H14FNO2/c13-11-6-9-5-10(14)4-8(9)3-7(11)1-2-12(15)16/h3,6,10H,1-2,4-5,14H2,(H,15,16)/t10-/m0/s1. The van der Waals surface area contributed by atoms with Gasteiger partial charge in [-0.05, 0) is 42.0 Å². The zero-order valence-corrected chi connectivity index (χ0v) is 8.87. The monoisotopic (exact) mass is 223 g/mol. The summed E-state index contributed by atoms with van der Waals surface area (Å²) in [5.41, 5.74) is 8.30. The molecule has 2 rings (SSSR count). The molecule has 1 aromatic carbocycles. The summed E-state index contributed by atoms with van der Waals surface area (Å²) in [5, 5.41) is 8.56. The third-order valence-corrected chi connectivity index (χ3v) is 2.94. The summed E-state index contributed by atoms with van der Waals surface area (Å²) in [7, 11) is 0. The largest absolute Gasteiger partial charge is 0.481 e. The minimum Gasteiger partial charge on any atom is -0.481 e. The van der Waals surface area contributed by atoms with Crippen molar-refractivity contribution in [3.63, 3.8) is 0 Å². The fourth-order valence-corrected chi connectivity index (χ4v) is 2.16. The van der Waals surface area contributed by atoms with Crippen molar-refractivity contribution >= 4 is 5.97 Å². The lowest BCUT2D eigenvalue weighted by molar-refractivity contribution is -0.136. The van der Waals surface area contributed by atoms with E-state index in [4.69, 9.17) is 10.8 Å². The van der Waals surface area contributed by atoms with Gasteiger partial charge in [-0.3, -0.25) is 4.79 Å². The van der Waals surface area contributed by atoms with E-state index in [9.17, 15) is 9.18 Å². The molecule has 0 unspecified atom stereocenters. The predicted octanol–water partition coefficient (Wildman–Crippen LogP) is 1.27. The molecule has 0 spiro atoms. The fourth-order valence-electron chi connectivity index (χ4n) is 2.16. The molecule has 1 aliphatic rings. The molecule has 4 heteroatoms. The lowest BCUT2D eigenvalue weighted by Gasteiger charge is -2.05. The van der Waals surface area contributed by atoms with Gasteiger partial charge in [0, 0.05) is 12.5 Å². The zero-order chi connectivity index (χ0) is 11.7. The van der Waals surface area contributed by atoms with Crippen molar-refractivity contribution in [2.45, 2.75) is 31.7 Å². The molecule has 0 fully saturated rings. The van der Waals surface area contributed by atoms with Crippen LogP contribution in [0.3, 0.4) is 0 Å². The Morgan fingerprint density at radius 1 is 1.44 bits per heavy atom. The van der Waals surface area contributed by atoms with E-state index >= 15 is 0 Å². The minimum absolute atomic E-state index is 0.0399. The molecule has 3 nitrogen and oxygen atoms in total. The molecule has 0 amide bonds. The van der Waals surface area contributed by atoms with Crippen molar-refractivity contribution in [1.29, 1.82) is 0 Å². The fraction of sp³-hybridized carbons (Fsp3) is 0.417. The first-order valence-corrected chi connectivity index (χ1v) is 5.34. The van der Waals surface area contributed by atoms with Crippen LogP contribution in [0.25, 0.3) is 0 Å². The number of aryl methyl sites for hydroxylation is 1. The Hall–Kier alpha value is -1.42. The van der Waals surface area contributed by atoms with Crippen molar-refractivity contribution < 1.29 is 14.3 Å². The van der Waals surface area contributed by atoms with E-state index < -0.39 is 5.97 Å². The van der Waals surface area contributed by atoms with Gasteiger partial charge in [0.25, 0.3) is 0 Å². The molecule has 0 radical (unpaired) electrons. The lowest BCUT2D eigenvalue weighted by atomic mass is 10.0. The summed E-state index contributed by atoms with van der Waals surface area (Å²) in [6.07, 6.45) is 1.67. The highest BCUT2D eigenvalue weighted by Crippen LogP contribution is 2.25. The number of benzene rings is 1. The average molecular weight is 223 g/mol. The van der Waals surface area contributed by atoms with Gasteiger partial charge in [0.1, 0.15) is 5.82 Å². The highest BCUT2D eigenvalue weighted by atomic mass is 19.1. The van der Waals surface area contributed by atoms with Crippen LogP contribution in [0.2, 0.25) is 0 Å². The third-order valence-electron chi connectivity index (χ3n) is 2.94. The van der Waals surface area contributed by atoms with Gasteiger partial charge in [0.15, 0.2) is 0 Å². The van der Waals surface area contributed by atoms with Crippen molar-refractivity contribution in [2.75, 3.05) is 0 Å². The SMILES string of the molecule is N[C@@H]1Cc2cc(F)c(CCC(=O)O)cc2C1. The summed E-state index contributed by atoms with van der Waals surface area (Å²) >= 11 is 0. The van der Waals surface area contributed by atoms with E-state index in [2.05, 4.69) is 0 Å². The van der Waals surface area contributed by atoms with Gasteiger partial charge in [-0.25, -0.2) is 4.39 Å². The molecule has 1 aromatic rings. The molecule has 0 aromatic heterocycles. The van der Waals surface area contributed by atoms with Gasteiger partial charge in [-0.15, -0.1) is 0 Å². The number of fused-ring (bicyclic) bond motifs is 1. The van der Waals surface area contributed by atoms with Crippen LogP contribution in [-0.4, -0.2) is 17.1 Å². The summed E-state index contributed by atoms with van der Waals surface area (Å²) in [5.74, 6) is -1.22. The maximum Gasteiger partial charge on any atom is 0.303 e. The third kappa shape index (κ3) is 2.22. The Kier molecular flexibility index (Phi) is 2.92. The number of aliphatic carboxylic acids is 1. The number of hydrogen-bond donors (Lipinski definition) is 2. The first-order valence-electron chi connectivity index (χ1n) is 5.34. The van der Waals surface area contributed by atoms with Gasteiger partial charge in [-0.1, -0.05) is 6.07 Å². The highest BCUT2D eigenvalue weighted by Gasteiger charge is 2.20. The molecule has 3 N–H and O–H groups in total. The Labute approximate surface area is 93.1 Å². The van der Waals surface area contributed by atoms with Crippen LogP contribution in [0.4, 0.5) is 4.39 Å². The number of carboxylic acids is 1. The highest BCUT2D eigenvalue weighted by molar-refractivity contribution is 5.67. The Morgan fingerprint density at radius 2 is 2.06 bits per heavy atom. The van der Waals surface area contributed by atoms with E-state index in [0.29, 0.717) is 12.0 Å². The van der Waals surface area contributed by atoms with Crippen LogP contribution >= 0.6 is 0 Å². The number of hydrogen-bond acceptors (Lipinski definition) is 2. The van der Waals surface area contributed by atoms with Crippen molar-refractivity contribution in [3.05, 3.63) is 34.6 Å². The molecule has 0 aliphatic heterocycles. The smallest absolute Gasteiger partial charge is 0.303 e. The van der Waals surface area contributed by atoms with Crippen LogP contribution < -0.4 is 5.73 Å². The van der Waals surface area contributed by atoms with Gasteiger partial charge < -0.3 is 10.8 Å². The van der Waals surface area contributed by atoms with E-state index in [0.717, 1.165) is 17.5 Å². The maximum atomic E-state index is 13.6. The molecule has 0 saturated carbocycles. The summed E-state index contributed by atoms with van der Waals surface area (Å²) in [4.78, 5) is 10.4. The van der Waals surface area contributed by atoms with Gasteiger partial charge >= 0.3 is 5.97 Å². The molecular weight excluding hydrogens is 209 g/mol. The van der Waals surface area contributed by atoms with Crippen LogP contribution in [0.15, 0.2) is 12.1 Å². The quantitative estimate of drug-likeness (QED) is 0.811. The van der Waals surface area contributed by atoms with Crippen molar-refractivity contribution in [1.82, 2.24) is 0 Å². The van der Waals surface area contributed by atoms with Gasteiger partial charge in [-0.2, -0.15) is 0 Å². The number of nitrogens with two attached hydrogens (primary N) is 1. The van der Waals surface area contributed by atoms with Gasteiger partial charge in [0.05, 0.1) is 0 Å². The summed E-state index contributed by atoms with van der Waals surface area (Å²) < 4.78 is 13.6. The second kappa shape index (κ2) is 4.22. The molecule has 86 valence electrons. The minimum atomic E-state index is -0.906. The Bertz CT molecular complexity index is 431. The Morgan fingerprint density at radius 3 is 2.69 bits per heavy atom. The topological polar surface area (TPSA) is 63.3 Å². The number of rotatable bonds is 3. The molecule has 0 saturated heterocycles. The molecule has 0 heterocycles. The van der Waals surface area contributed by atoms with Crippen molar-refractivity contribution in [3.8, 4) is 0 Å². The average Bonchev–Trinajstić information content (AvgIpc) is 2.53. The number of halogens is 1. The second-order valence-electron chi connectivity index (χ2n) is 4.27. The molecule has 16 heavy (non-hydrogen) atoms. The molecular formula is C12H14FNO2. The molecule has 1 aliphatic carbocycles. The van der Waals surface area contributed by atoms with E-state index in [1.54, 1.807) is 6.07 Å². The van der Waals surface area contributed by atoms with Crippen LogP contribution in [0, 0.1) is 5.82 Å². The van der Waals surface area contributed by atoms with E-state index in [-0.39, 0.29) is 24.7 Å². The number of carboxylic acid groups (broad SMARTS) is 1. The first-order chi connectivity index (χ1) is 7.56. The first kappa shape index (κ1) is 11.1. The second-order valence-corrected chi connectivity index (χ2v) is 4.27. The predicted molar refractivity (Wildman–Crippen MR) is 57.7 cm³/mol.